The second kappa shape index (κ2) is 3.55. The Kier molecular flexibility index (Phi) is 2.90. The fourth-order valence-corrected chi connectivity index (χ4v) is 1.12. The van der Waals surface area contributed by atoms with Gasteiger partial charge in [0.15, 0.2) is 0 Å². The highest BCUT2D eigenvalue weighted by Crippen LogP contribution is 2.47. The van der Waals surface area contributed by atoms with Gasteiger partial charge in [-0.3, -0.25) is 0 Å². The molecule has 1 fully saturated rings. The SMILES string of the molecule is CCCOCC(N)C1(C)CC1. The summed E-state index contributed by atoms with van der Waals surface area (Å²) >= 11 is 0. The Morgan fingerprint density at radius 1 is 1.55 bits per heavy atom. The molecule has 0 aliphatic heterocycles. The van der Waals surface area contributed by atoms with E-state index in [-0.39, 0.29) is 6.04 Å². The standard InChI is InChI=1S/C9H19NO/c1-3-6-11-7-8(10)9(2)4-5-9/h8H,3-7,10H2,1-2H3. The summed E-state index contributed by atoms with van der Waals surface area (Å²) in [5.74, 6) is 0. The lowest BCUT2D eigenvalue weighted by Gasteiger charge is -2.18. The van der Waals surface area contributed by atoms with Crippen LogP contribution < -0.4 is 5.73 Å². The van der Waals surface area contributed by atoms with Crippen LogP contribution in [0.15, 0.2) is 0 Å². The zero-order valence-electron chi connectivity index (χ0n) is 7.60. The lowest BCUT2D eigenvalue weighted by molar-refractivity contribution is 0.104. The van der Waals surface area contributed by atoms with Crippen LogP contribution in [0.25, 0.3) is 0 Å². The van der Waals surface area contributed by atoms with E-state index < -0.39 is 0 Å². The molecule has 1 aliphatic rings. The lowest BCUT2D eigenvalue weighted by Crippen LogP contribution is -2.34. The fourth-order valence-electron chi connectivity index (χ4n) is 1.12. The molecular weight excluding hydrogens is 138 g/mol. The van der Waals surface area contributed by atoms with Gasteiger partial charge < -0.3 is 10.5 Å². The van der Waals surface area contributed by atoms with Crippen molar-refractivity contribution in [2.75, 3.05) is 13.2 Å². The molecule has 66 valence electrons. The Labute approximate surface area is 69.1 Å². The topological polar surface area (TPSA) is 35.2 Å². The summed E-state index contributed by atoms with van der Waals surface area (Å²) < 4.78 is 5.39. The predicted octanol–water partition coefficient (Wildman–Crippen LogP) is 1.54. The smallest absolute Gasteiger partial charge is 0.0622 e. The molecule has 0 aromatic heterocycles. The Morgan fingerprint density at radius 2 is 2.18 bits per heavy atom. The van der Waals surface area contributed by atoms with Crippen molar-refractivity contribution in [3.05, 3.63) is 0 Å². The molecule has 0 aromatic carbocycles. The van der Waals surface area contributed by atoms with E-state index >= 15 is 0 Å². The van der Waals surface area contributed by atoms with E-state index in [1.807, 2.05) is 0 Å². The molecule has 1 unspecified atom stereocenters. The van der Waals surface area contributed by atoms with E-state index in [4.69, 9.17) is 10.5 Å². The third-order valence-electron chi connectivity index (χ3n) is 2.58. The molecule has 0 bridgehead atoms. The van der Waals surface area contributed by atoms with Crippen molar-refractivity contribution in [2.45, 2.75) is 39.2 Å². The van der Waals surface area contributed by atoms with Gasteiger partial charge in [-0.05, 0) is 24.7 Å². The van der Waals surface area contributed by atoms with Crippen molar-refractivity contribution < 1.29 is 4.74 Å². The quantitative estimate of drug-likeness (QED) is 0.614. The molecule has 1 rings (SSSR count). The van der Waals surface area contributed by atoms with Crippen molar-refractivity contribution in [1.82, 2.24) is 0 Å². The maximum Gasteiger partial charge on any atom is 0.0622 e. The highest BCUT2D eigenvalue weighted by atomic mass is 16.5. The average molecular weight is 157 g/mol. The summed E-state index contributed by atoms with van der Waals surface area (Å²) in [5, 5.41) is 0. The number of hydrogen-bond acceptors (Lipinski definition) is 2. The summed E-state index contributed by atoms with van der Waals surface area (Å²) in [5.41, 5.74) is 6.34. The van der Waals surface area contributed by atoms with Crippen LogP contribution in [-0.2, 0) is 4.74 Å². The molecule has 2 nitrogen and oxygen atoms in total. The first-order chi connectivity index (χ1) is 5.19. The zero-order valence-corrected chi connectivity index (χ0v) is 7.60. The molecule has 11 heavy (non-hydrogen) atoms. The highest BCUT2D eigenvalue weighted by Gasteiger charge is 2.42. The molecule has 1 atom stereocenters. The minimum Gasteiger partial charge on any atom is -0.380 e. The Hall–Kier alpha value is -0.0800. The van der Waals surface area contributed by atoms with Crippen LogP contribution in [0.2, 0.25) is 0 Å². The monoisotopic (exact) mass is 157 g/mol. The molecule has 0 amide bonds. The van der Waals surface area contributed by atoms with Gasteiger partial charge in [-0.2, -0.15) is 0 Å². The van der Waals surface area contributed by atoms with Gasteiger partial charge in [-0.15, -0.1) is 0 Å². The van der Waals surface area contributed by atoms with Gasteiger partial charge in [-0.1, -0.05) is 13.8 Å². The number of nitrogens with two attached hydrogens (primary N) is 1. The molecular formula is C9H19NO. The maximum atomic E-state index is 5.93. The van der Waals surface area contributed by atoms with E-state index in [0.29, 0.717) is 5.41 Å². The first-order valence-corrected chi connectivity index (χ1v) is 4.52. The predicted molar refractivity (Wildman–Crippen MR) is 46.4 cm³/mol. The molecule has 0 radical (unpaired) electrons. The Balaban J connectivity index is 2.06. The Bertz CT molecular complexity index is 121. The lowest BCUT2D eigenvalue weighted by atomic mass is 10.0. The third-order valence-corrected chi connectivity index (χ3v) is 2.58. The number of hydrogen-bond donors (Lipinski definition) is 1. The van der Waals surface area contributed by atoms with E-state index in [9.17, 15) is 0 Å². The second-order valence-corrected chi connectivity index (χ2v) is 3.84. The average Bonchev–Trinajstić information content (AvgIpc) is 2.70. The first kappa shape index (κ1) is 9.01. The summed E-state index contributed by atoms with van der Waals surface area (Å²) in [6.45, 7) is 5.95. The van der Waals surface area contributed by atoms with Gasteiger partial charge in [0.2, 0.25) is 0 Å². The van der Waals surface area contributed by atoms with Gasteiger partial charge in [0.25, 0.3) is 0 Å². The van der Waals surface area contributed by atoms with Gasteiger partial charge >= 0.3 is 0 Å². The normalized spacial score (nSPS) is 23.2. The van der Waals surface area contributed by atoms with Crippen molar-refractivity contribution in [1.29, 1.82) is 0 Å². The molecule has 2 N–H and O–H groups in total. The van der Waals surface area contributed by atoms with Gasteiger partial charge in [0.05, 0.1) is 6.61 Å². The molecule has 2 heteroatoms. The Morgan fingerprint density at radius 3 is 2.64 bits per heavy atom. The minimum absolute atomic E-state index is 0.258. The molecule has 0 spiro atoms. The zero-order chi connectivity index (χ0) is 8.32. The van der Waals surface area contributed by atoms with Crippen LogP contribution >= 0.6 is 0 Å². The first-order valence-electron chi connectivity index (χ1n) is 4.52. The maximum absolute atomic E-state index is 5.93. The largest absolute Gasteiger partial charge is 0.380 e. The highest BCUT2D eigenvalue weighted by molar-refractivity contribution is 4.96. The van der Waals surface area contributed by atoms with E-state index in [1.54, 1.807) is 0 Å². The van der Waals surface area contributed by atoms with Crippen LogP contribution in [0.5, 0.6) is 0 Å². The summed E-state index contributed by atoms with van der Waals surface area (Å²) in [4.78, 5) is 0. The number of ether oxygens (including phenoxy) is 1. The van der Waals surface area contributed by atoms with Crippen LogP contribution in [-0.4, -0.2) is 19.3 Å². The van der Waals surface area contributed by atoms with Crippen LogP contribution in [0.1, 0.15) is 33.1 Å². The fraction of sp³-hybridized carbons (Fsp3) is 1.00. The minimum atomic E-state index is 0.258. The third kappa shape index (κ3) is 2.46. The van der Waals surface area contributed by atoms with Crippen LogP contribution in [0.4, 0.5) is 0 Å². The second-order valence-electron chi connectivity index (χ2n) is 3.84. The molecule has 0 aromatic rings. The van der Waals surface area contributed by atoms with Gasteiger partial charge in [0, 0.05) is 12.6 Å². The van der Waals surface area contributed by atoms with E-state index in [2.05, 4.69) is 13.8 Å². The van der Waals surface area contributed by atoms with Gasteiger partial charge in [0.1, 0.15) is 0 Å². The van der Waals surface area contributed by atoms with Crippen molar-refractivity contribution in [2.24, 2.45) is 11.1 Å². The van der Waals surface area contributed by atoms with Crippen LogP contribution in [0, 0.1) is 5.41 Å². The molecule has 0 saturated heterocycles. The summed E-state index contributed by atoms with van der Waals surface area (Å²) in [7, 11) is 0. The van der Waals surface area contributed by atoms with Crippen LogP contribution in [0.3, 0.4) is 0 Å². The summed E-state index contributed by atoms with van der Waals surface area (Å²) in [6.07, 6.45) is 3.65. The summed E-state index contributed by atoms with van der Waals surface area (Å²) in [6, 6.07) is 0.258. The van der Waals surface area contributed by atoms with E-state index in [1.165, 1.54) is 12.8 Å². The van der Waals surface area contributed by atoms with Crippen molar-refractivity contribution in [3.63, 3.8) is 0 Å². The number of rotatable bonds is 5. The van der Waals surface area contributed by atoms with Crippen molar-refractivity contribution >= 4 is 0 Å². The molecule has 1 aliphatic carbocycles. The molecule has 0 heterocycles. The molecule has 1 saturated carbocycles. The van der Waals surface area contributed by atoms with Gasteiger partial charge in [-0.25, -0.2) is 0 Å². The van der Waals surface area contributed by atoms with Crippen molar-refractivity contribution in [3.8, 4) is 0 Å². The van der Waals surface area contributed by atoms with E-state index in [0.717, 1.165) is 19.6 Å².